The third kappa shape index (κ3) is 3.50. The van der Waals surface area contributed by atoms with Gasteiger partial charge in [-0.05, 0) is 43.5 Å². The number of furan rings is 1. The lowest BCUT2D eigenvalue weighted by atomic mass is 10.2. The van der Waals surface area contributed by atoms with Crippen molar-refractivity contribution in [3.63, 3.8) is 0 Å². The van der Waals surface area contributed by atoms with Crippen molar-refractivity contribution in [2.45, 2.75) is 31.4 Å². The fraction of sp³-hybridized carbons (Fsp3) is 0.238. The Kier molecular flexibility index (Phi) is 4.64. The van der Waals surface area contributed by atoms with Gasteiger partial charge in [0.15, 0.2) is 5.76 Å². The molecule has 4 aromatic heterocycles. The number of carbonyl (C=O) groups is 1. The lowest BCUT2D eigenvalue weighted by Gasteiger charge is -2.09. The minimum absolute atomic E-state index is 0.0874. The van der Waals surface area contributed by atoms with E-state index >= 15 is 0 Å². The van der Waals surface area contributed by atoms with Crippen molar-refractivity contribution in [1.29, 1.82) is 0 Å². The van der Waals surface area contributed by atoms with E-state index in [0.717, 1.165) is 18.4 Å². The van der Waals surface area contributed by atoms with Crippen LogP contribution in [-0.4, -0.2) is 42.1 Å². The van der Waals surface area contributed by atoms with Gasteiger partial charge >= 0.3 is 0 Å². The second-order valence-electron chi connectivity index (χ2n) is 7.31. The zero-order valence-corrected chi connectivity index (χ0v) is 16.0. The quantitative estimate of drug-likeness (QED) is 0.469. The van der Waals surface area contributed by atoms with Crippen LogP contribution < -0.4 is 5.32 Å². The molecule has 2 atom stereocenters. The number of aliphatic hydroxyl groups excluding tert-OH is 1. The van der Waals surface area contributed by atoms with E-state index in [-0.39, 0.29) is 23.8 Å². The topological polar surface area (TPSA) is 122 Å². The zero-order valence-electron chi connectivity index (χ0n) is 16.0. The maximum absolute atomic E-state index is 12.8. The predicted octanol–water partition coefficient (Wildman–Crippen LogP) is 3.27. The molecule has 0 radical (unpaired) electrons. The fourth-order valence-electron chi connectivity index (χ4n) is 3.72. The second-order valence-corrected chi connectivity index (χ2v) is 7.31. The molecule has 9 heteroatoms. The molecule has 4 heterocycles. The Morgan fingerprint density at radius 3 is 2.93 bits per heavy atom. The molecule has 9 nitrogen and oxygen atoms in total. The average molecular weight is 404 g/mol. The van der Waals surface area contributed by atoms with Crippen LogP contribution in [0.1, 0.15) is 35.9 Å². The summed E-state index contributed by atoms with van der Waals surface area (Å²) in [6, 6.07) is 8.97. The molecule has 0 saturated heterocycles. The van der Waals surface area contributed by atoms with E-state index in [0.29, 0.717) is 29.3 Å². The van der Waals surface area contributed by atoms with Crippen LogP contribution >= 0.6 is 0 Å². The van der Waals surface area contributed by atoms with Gasteiger partial charge in [-0.15, -0.1) is 0 Å². The van der Waals surface area contributed by atoms with E-state index in [1.807, 2.05) is 22.9 Å². The minimum Gasteiger partial charge on any atom is -0.451 e. The minimum atomic E-state index is -0.382. The summed E-state index contributed by atoms with van der Waals surface area (Å²) in [4.78, 5) is 17.2. The van der Waals surface area contributed by atoms with Crippen molar-refractivity contribution in [3.05, 3.63) is 60.9 Å². The van der Waals surface area contributed by atoms with E-state index in [2.05, 4.69) is 25.6 Å². The molecule has 0 aliphatic heterocycles. The van der Waals surface area contributed by atoms with Crippen LogP contribution in [0.5, 0.6) is 0 Å². The van der Waals surface area contributed by atoms with Crippen LogP contribution in [0.3, 0.4) is 0 Å². The van der Waals surface area contributed by atoms with Crippen molar-refractivity contribution in [1.82, 2.24) is 25.0 Å². The molecule has 4 aromatic rings. The van der Waals surface area contributed by atoms with Crippen LogP contribution in [0.4, 0.5) is 5.69 Å². The number of aromatic amines is 1. The Morgan fingerprint density at radius 2 is 2.20 bits per heavy atom. The number of hydrogen-bond acceptors (Lipinski definition) is 6. The van der Waals surface area contributed by atoms with E-state index in [1.54, 1.807) is 36.9 Å². The summed E-state index contributed by atoms with van der Waals surface area (Å²) in [6.45, 7) is 0. The zero-order chi connectivity index (χ0) is 20.5. The monoisotopic (exact) mass is 404 g/mol. The smallest absolute Gasteiger partial charge is 0.291 e. The van der Waals surface area contributed by atoms with Crippen molar-refractivity contribution in [2.75, 3.05) is 5.32 Å². The first-order valence-corrected chi connectivity index (χ1v) is 9.76. The van der Waals surface area contributed by atoms with E-state index in [1.165, 1.54) is 0 Å². The molecule has 0 unspecified atom stereocenters. The number of nitrogens with one attached hydrogen (secondary N) is 2. The lowest BCUT2D eigenvalue weighted by Crippen LogP contribution is -2.11. The molecule has 1 aliphatic carbocycles. The molecule has 1 aliphatic rings. The summed E-state index contributed by atoms with van der Waals surface area (Å²) in [6.07, 6.45) is 8.70. The standard InChI is InChI=1S/C21H20N6O3/c28-15-5-4-14(9-15)27-12-17(20(26-27)16-3-1-2-8-22-16)25-21(29)19-7-6-18(30-19)13-10-23-24-11-13/h1-3,6-8,10-12,14-15,28H,4-5,9H2,(H,23,24)(H,25,29)/t14-,15+/m0/s1. The molecule has 152 valence electrons. The Labute approximate surface area is 171 Å². The van der Waals surface area contributed by atoms with Gasteiger partial charge in [-0.2, -0.15) is 10.2 Å². The fourth-order valence-corrected chi connectivity index (χ4v) is 3.72. The van der Waals surface area contributed by atoms with Gasteiger partial charge < -0.3 is 14.8 Å². The molecule has 1 amide bonds. The Morgan fingerprint density at radius 1 is 1.27 bits per heavy atom. The maximum atomic E-state index is 12.8. The van der Waals surface area contributed by atoms with Crippen molar-refractivity contribution in [3.8, 4) is 22.7 Å². The highest BCUT2D eigenvalue weighted by Crippen LogP contribution is 2.33. The van der Waals surface area contributed by atoms with Gasteiger partial charge in [-0.25, -0.2) is 0 Å². The molecule has 1 fully saturated rings. The Balaban J connectivity index is 1.44. The molecule has 0 spiro atoms. The molecule has 0 aromatic carbocycles. The first kappa shape index (κ1) is 18.3. The summed E-state index contributed by atoms with van der Waals surface area (Å²) in [5.41, 5.74) is 2.53. The number of nitrogens with zero attached hydrogens (tertiary/aromatic N) is 4. The molecule has 30 heavy (non-hydrogen) atoms. The largest absolute Gasteiger partial charge is 0.451 e. The van der Waals surface area contributed by atoms with Gasteiger partial charge in [0.1, 0.15) is 11.5 Å². The SMILES string of the molecule is O=C(Nc1cn([C@H]2CC[C@@H](O)C2)nc1-c1ccccn1)c1ccc(-c2cn[nH]c2)o1. The number of H-pyrrole nitrogens is 1. The van der Waals surface area contributed by atoms with Gasteiger partial charge in [0, 0.05) is 18.6 Å². The summed E-state index contributed by atoms with van der Waals surface area (Å²) >= 11 is 0. The number of aliphatic hydroxyl groups is 1. The van der Waals surface area contributed by atoms with Crippen LogP contribution in [-0.2, 0) is 0 Å². The molecule has 5 rings (SSSR count). The first-order valence-electron chi connectivity index (χ1n) is 9.76. The first-order chi connectivity index (χ1) is 14.7. The molecular formula is C21H20N6O3. The lowest BCUT2D eigenvalue weighted by molar-refractivity contribution is 0.0997. The molecular weight excluding hydrogens is 384 g/mol. The highest BCUT2D eigenvalue weighted by atomic mass is 16.4. The predicted molar refractivity (Wildman–Crippen MR) is 109 cm³/mol. The van der Waals surface area contributed by atoms with Gasteiger partial charge in [0.25, 0.3) is 5.91 Å². The number of amides is 1. The van der Waals surface area contributed by atoms with E-state index < -0.39 is 0 Å². The second kappa shape index (κ2) is 7.60. The molecule has 0 bridgehead atoms. The summed E-state index contributed by atoms with van der Waals surface area (Å²) in [5.74, 6) is 0.352. The summed E-state index contributed by atoms with van der Waals surface area (Å²) in [5, 5.41) is 24.1. The summed E-state index contributed by atoms with van der Waals surface area (Å²) in [7, 11) is 0. The van der Waals surface area contributed by atoms with Gasteiger partial charge in [0.2, 0.25) is 0 Å². The number of aromatic nitrogens is 5. The Bertz CT molecular complexity index is 1150. The average Bonchev–Trinajstić information content (AvgIpc) is 3.54. The normalized spacial score (nSPS) is 18.6. The number of carbonyl (C=O) groups excluding carboxylic acids is 1. The number of anilines is 1. The third-order valence-corrected chi connectivity index (χ3v) is 5.25. The van der Waals surface area contributed by atoms with Gasteiger partial charge in [0.05, 0.1) is 35.3 Å². The van der Waals surface area contributed by atoms with Crippen LogP contribution in [0, 0.1) is 0 Å². The number of hydrogen-bond donors (Lipinski definition) is 3. The van der Waals surface area contributed by atoms with Crippen LogP contribution in [0.25, 0.3) is 22.7 Å². The van der Waals surface area contributed by atoms with Crippen LogP contribution in [0.15, 0.2) is 59.5 Å². The molecule has 3 N–H and O–H groups in total. The number of pyridine rings is 1. The van der Waals surface area contributed by atoms with Crippen molar-refractivity contribution >= 4 is 11.6 Å². The Hall–Kier alpha value is -3.72. The van der Waals surface area contributed by atoms with Gasteiger partial charge in [-0.3, -0.25) is 19.6 Å². The van der Waals surface area contributed by atoms with Crippen LogP contribution in [0.2, 0.25) is 0 Å². The highest BCUT2D eigenvalue weighted by Gasteiger charge is 2.27. The van der Waals surface area contributed by atoms with Crippen molar-refractivity contribution < 1.29 is 14.3 Å². The highest BCUT2D eigenvalue weighted by molar-refractivity contribution is 6.04. The number of rotatable bonds is 5. The summed E-state index contributed by atoms with van der Waals surface area (Å²) < 4.78 is 7.49. The van der Waals surface area contributed by atoms with E-state index in [4.69, 9.17) is 4.42 Å². The maximum Gasteiger partial charge on any atom is 0.291 e. The third-order valence-electron chi connectivity index (χ3n) is 5.25. The van der Waals surface area contributed by atoms with Gasteiger partial charge in [-0.1, -0.05) is 6.07 Å². The molecule has 1 saturated carbocycles. The van der Waals surface area contributed by atoms with Crippen molar-refractivity contribution in [2.24, 2.45) is 0 Å². The van der Waals surface area contributed by atoms with E-state index in [9.17, 15) is 9.90 Å².